The molecular formula is C11H13N3OS. The summed E-state index contributed by atoms with van der Waals surface area (Å²) in [6, 6.07) is 9.90. The molecule has 1 unspecified atom stereocenters. The molecule has 2 N–H and O–H groups in total. The zero-order valence-electron chi connectivity index (χ0n) is 8.96. The van der Waals surface area contributed by atoms with Gasteiger partial charge in [0.15, 0.2) is 5.82 Å². The number of nitrogens with zero attached hydrogens (tertiary/aromatic N) is 2. The molecule has 0 saturated carbocycles. The van der Waals surface area contributed by atoms with Crippen molar-refractivity contribution in [2.24, 2.45) is 5.73 Å². The summed E-state index contributed by atoms with van der Waals surface area (Å²) in [5, 5.41) is 3.87. The zero-order valence-corrected chi connectivity index (χ0v) is 9.78. The van der Waals surface area contributed by atoms with Crippen molar-refractivity contribution in [1.82, 2.24) is 10.1 Å². The van der Waals surface area contributed by atoms with Crippen LogP contribution in [0.4, 0.5) is 0 Å². The molecule has 0 bridgehead atoms. The van der Waals surface area contributed by atoms with E-state index in [0.717, 1.165) is 0 Å². The lowest BCUT2D eigenvalue weighted by Crippen LogP contribution is -2.05. The molecule has 1 aromatic carbocycles. The molecular weight excluding hydrogens is 222 g/mol. The van der Waals surface area contributed by atoms with E-state index in [2.05, 4.69) is 22.3 Å². The molecule has 84 valence electrons. The lowest BCUT2D eigenvalue weighted by Gasteiger charge is -1.96. The van der Waals surface area contributed by atoms with Crippen LogP contribution in [0.1, 0.15) is 24.7 Å². The van der Waals surface area contributed by atoms with Crippen LogP contribution in [0.3, 0.4) is 0 Å². The van der Waals surface area contributed by atoms with Crippen molar-refractivity contribution in [3.63, 3.8) is 0 Å². The molecule has 0 fully saturated rings. The van der Waals surface area contributed by atoms with E-state index in [4.69, 9.17) is 10.3 Å². The summed E-state index contributed by atoms with van der Waals surface area (Å²) >= 11 is 1.67. The first-order valence-electron chi connectivity index (χ1n) is 5.01. The predicted molar refractivity (Wildman–Crippen MR) is 62.9 cm³/mol. The standard InChI is InChI=1S/C11H13N3OS/c1-8(12)11-13-10(14-15-11)7-16-9-5-3-2-4-6-9/h2-6,8H,7,12H2,1H3. The molecule has 0 aliphatic heterocycles. The number of hydrogen-bond acceptors (Lipinski definition) is 5. The summed E-state index contributed by atoms with van der Waals surface area (Å²) in [5.41, 5.74) is 5.63. The van der Waals surface area contributed by atoms with Crippen LogP contribution in [0, 0.1) is 0 Å². The quantitative estimate of drug-likeness (QED) is 0.824. The van der Waals surface area contributed by atoms with Crippen molar-refractivity contribution < 1.29 is 4.52 Å². The second-order valence-electron chi connectivity index (χ2n) is 3.44. The maximum Gasteiger partial charge on any atom is 0.243 e. The van der Waals surface area contributed by atoms with Gasteiger partial charge in [0, 0.05) is 4.90 Å². The van der Waals surface area contributed by atoms with Crippen molar-refractivity contribution >= 4 is 11.8 Å². The smallest absolute Gasteiger partial charge is 0.243 e. The molecule has 0 spiro atoms. The Morgan fingerprint density at radius 2 is 2.12 bits per heavy atom. The minimum atomic E-state index is -0.206. The van der Waals surface area contributed by atoms with E-state index in [9.17, 15) is 0 Å². The Kier molecular flexibility index (Phi) is 3.58. The van der Waals surface area contributed by atoms with E-state index < -0.39 is 0 Å². The molecule has 1 heterocycles. The maximum atomic E-state index is 5.63. The van der Waals surface area contributed by atoms with E-state index in [1.54, 1.807) is 11.8 Å². The van der Waals surface area contributed by atoms with Gasteiger partial charge in [0.2, 0.25) is 5.89 Å². The fraction of sp³-hybridized carbons (Fsp3) is 0.273. The average Bonchev–Trinajstić information content (AvgIpc) is 2.76. The highest BCUT2D eigenvalue weighted by Gasteiger charge is 2.09. The van der Waals surface area contributed by atoms with Gasteiger partial charge in [0.1, 0.15) is 0 Å². The van der Waals surface area contributed by atoms with Gasteiger partial charge >= 0.3 is 0 Å². The molecule has 0 aliphatic carbocycles. The van der Waals surface area contributed by atoms with Gasteiger partial charge in [-0.05, 0) is 19.1 Å². The Labute approximate surface area is 98.2 Å². The summed E-state index contributed by atoms with van der Waals surface area (Å²) < 4.78 is 5.02. The van der Waals surface area contributed by atoms with Gasteiger partial charge in [-0.2, -0.15) is 4.98 Å². The number of thioether (sulfide) groups is 1. The molecule has 1 atom stereocenters. The van der Waals surface area contributed by atoms with Crippen LogP contribution in [0.25, 0.3) is 0 Å². The first kappa shape index (κ1) is 11.2. The highest BCUT2D eigenvalue weighted by Crippen LogP contribution is 2.21. The minimum Gasteiger partial charge on any atom is -0.338 e. The van der Waals surface area contributed by atoms with Gasteiger partial charge < -0.3 is 10.3 Å². The first-order valence-corrected chi connectivity index (χ1v) is 6.00. The second-order valence-corrected chi connectivity index (χ2v) is 4.49. The van der Waals surface area contributed by atoms with E-state index in [1.165, 1.54) is 4.90 Å². The van der Waals surface area contributed by atoms with E-state index in [-0.39, 0.29) is 6.04 Å². The molecule has 2 rings (SSSR count). The lowest BCUT2D eigenvalue weighted by molar-refractivity contribution is 0.358. The number of nitrogens with two attached hydrogens (primary N) is 1. The Balaban J connectivity index is 1.95. The van der Waals surface area contributed by atoms with Crippen LogP contribution in [0.15, 0.2) is 39.8 Å². The normalized spacial score (nSPS) is 12.6. The number of rotatable bonds is 4. The van der Waals surface area contributed by atoms with Crippen molar-refractivity contribution in [3.8, 4) is 0 Å². The van der Waals surface area contributed by atoms with Gasteiger partial charge in [-0.15, -0.1) is 11.8 Å². The Bertz CT molecular complexity index is 442. The molecule has 0 aliphatic rings. The fourth-order valence-corrected chi connectivity index (χ4v) is 1.94. The third-order valence-corrected chi connectivity index (χ3v) is 2.99. The summed E-state index contributed by atoms with van der Waals surface area (Å²) in [5.74, 6) is 1.87. The molecule has 16 heavy (non-hydrogen) atoms. The van der Waals surface area contributed by atoms with E-state index >= 15 is 0 Å². The van der Waals surface area contributed by atoms with E-state index in [1.807, 2.05) is 25.1 Å². The van der Waals surface area contributed by atoms with Gasteiger partial charge in [-0.25, -0.2) is 0 Å². The molecule has 5 heteroatoms. The van der Waals surface area contributed by atoms with Crippen molar-refractivity contribution in [3.05, 3.63) is 42.0 Å². The first-order chi connectivity index (χ1) is 7.75. The van der Waals surface area contributed by atoms with Gasteiger partial charge in [0.05, 0.1) is 11.8 Å². The number of benzene rings is 1. The maximum absolute atomic E-state index is 5.63. The largest absolute Gasteiger partial charge is 0.338 e. The Morgan fingerprint density at radius 3 is 2.75 bits per heavy atom. The second kappa shape index (κ2) is 5.14. The highest BCUT2D eigenvalue weighted by molar-refractivity contribution is 7.98. The van der Waals surface area contributed by atoms with Crippen LogP contribution < -0.4 is 5.73 Å². The summed E-state index contributed by atoms with van der Waals surface area (Å²) in [6.45, 7) is 1.82. The van der Waals surface area contributed by atoms with Crippen molar-refractivity contribution in [2.45, 2.75) is 23.6 Å². The van der Waals surface area contributed by atoms with Crippen LogP contribution >= 0.6 is 11.8 Å². The Hall–Kier alpha value is -1.33. The van der Waals surface area contributed by atoms with E-state index in [0.29, 0.717) is 17.5 Å². The summed E-state index contributed by atoms with van der Waals surface area (Å²) in [4.78, 5) is 5.39. The molecule has 0 saturated heterocycles. The summed E-state index contributed by atoms with van der Waals surface area (Å²) in [6.07, 6.45) is 0. The van der Waals surface area contributed by atoms with Crippen LogP contribution in [-0.4, -0.2) is 10.1 Å². The van der Waals surface area contributed by atoms with Crippen LogP contribution in [-0.2, 0) is 5.75 Å². The van der Waals surface area contributed by atoms with Crippen molar-refractivity contribution in [1.29, 1.82) is 0 Å². The third-order valence-electron chi connectivity index (χ3n) is 1.98. The van der Waals surface area contributed by atoms with Gasteiger partial charge in [0.25, 0.3) is 0 Å². The highest BCUT2D eigenvalue weighted by atomic mass is 32.2. The Morgan fingerprint density at radius 1 is 1.38 bits per heavy atom. The molecule has 2 aromatic rings. The zero-order chi connectivity index (χ0) is 11.4. The van der Waals surface area contributed by atoms with Gasteiger partial charge in [-0.3, -0.25) is 0 Å². The number of hydrogen-bond donors (Lipinski definition) is 1. The van der Waals surface area contributed by atoms with Gasteiger partial charge in [-0.1, -0.05) is 23.4 Å². The number of aromatic nitrogens is 2. The SMILES string of the molecule is CC(N)c1nc(CSc2ccccc2)no1. The predicted octanol–water partition coefficient (Wildman–Crippen LogP) is 2.38. The fourth-order valence-electron chi connectivity index (χ4n) is 1.18. The topological polar surface area (TPSA) is 64.9 Å². The van der Waals surface area contributed by atoms with Crippen LogP contribution in [0.2, 0.25) is 0 Å². The minimum absolute atomic E-state index is 0.206. The van der Waals surface area contributed by atoms with Crippen LogP contribution in [0.5, 0.6) is 0 Å². The molecule has 0 amide bonds. The van der Waals surface area contributed by atoms with Crippen molar-refractivity contribution in [2.75, 3.05) is 0 Å². The monoisotopic (exact) mass is 235 g/mol. The lowest BCUT2D eigenvalue weighted by atomic mass is 10.4. The molecule has 0 radical (unpaired) electrons. The molecule has 1 aromatic heterocycles. The average molecular weight is 235 g/mol. The third kappa shape index (κ3) is 2.84. The molecule has 4 nitrogen and oxygen atoms in total. The summed E-state index contributed by atoms with van der Waals surface area (Å²) in [7, 11) is 0.